The van der Waals surface area contributed by atoms with Crippen LogP contribution >= 0.6 is 11.6 Å². The number of urea groups is 1. The highest BCUT2D eigenvalue weighted by atomic mass is 35.5. The van der Waals surface area contributed by atoms with Gasteiger partial charge in [0.25, 0.3) is 5.69 Å². The van der Waals surface area contributed by atoms with Crippen LogP contribution in [0.25, 0.3) is 0 Å². The van der Waals surface area contributed by atoms with Crippen molar-refractivity contribution in [3.05, 3.63) is 69.0 Å². The number of rotatable bonds is 4. The lowest BCUT2D eigenvalue weighted by molar-refractivity contribution is -0.384. The third-order valence-corrected chi connectivity index (χ3v) is 3.12. The van der Waals surface area contributed by atoms with Crippen LogP contribution in [0.2, 0.25) is 5.02 Å². The number of anilines is 1. The van der Waals surface area contributed by atoms with Gasteiger partial charge in [0.2, 0.25) is 0 Å². The first kappa shape index (κ1) is 15.7. The van der Waals surface area contributed by atoms with E-state index in [-0.39, 0.29) is 22.9 Å². The molecule has 2 aromatic carbocycles. The summed E-state index contributed by atoms with van der Waals surface area (Å²) in [5.74, 6) is -0.426. The minimum Gasteiger partial charge on any atom is -0.334 e. The highest BCUT2D eigenvalue weighted by molar-refractivity contribution is 6.32. The van der Waals surface area contributed by atoms with Crippen LogP contribution in [-0.4, -0.2) is 11.0 Å². The number of benzene rings is 2. The van der Waals surface area contributed by atoms with E-state index in [2.05, 4.69) is 10.6 Å². The molecule has 0 atom stereocenters. The zero-order valence-corrected chi connectivity index (χ0v) is 11.9. The fraction of sp³-hybridized carbons (Fsp3) is 0.0714. The summed E-state index contributed by atoms with van der Waals surface area (Å²) in [6, 6.07) is 9.31. The molecule has 0 saturated heterocycles. The summed E-state index contributed by atoms with van der Waals surface area (Å²) < 4.78 is 13.4. The fourth-order valence-electron chi connectivity index (χ4n) is 1.72. The van der Waals surface area contributed by atoms with Gasteiger partial charge in [-0.1, -0.05) is 29.8 Å². The maximum Gasteiger partial charge on any atom is 0.319 e. The van der Waals surface area contributed by atoms with E-state index in [0.29, 0.717) is 5.56 Å². The van der Waals surface area contributed by atoms with Crippen LogP contribution < -0.4 is 10.6 Å². The SMILES string of the molecule is O=C(NCc1ccccc1F)Nc1ccc(Cl)c([N+](=O)[O-])c1. The quantitative estimate of drug-likeness (QED) is 0.664. The largest absolute Gasteiger partial charge is 0.334 e. The first-order valence-corrected chi connectivity index (χ1v) is 6.57. The van der Waals surface area contributed by atoms with E-state index in [1.807, 2.05) is 0 Å². The minimum absolute atomic E-state index is 0.00576. The van der Waals surface area contributed by atoms with Gasteiger partial charge in [0, 0.05) is 23.9 Å². The Morgan fingerprint density at radius 1 is 1.27 bits per heavy atom. The molecule has 0 aliphatic rings. The minimum atomic E-state index is -0.648. The first-order chi connectivity index (χ1) is 10.5. The van der Waals surface area contributed by atoms with Crippen molar-refractivity contribution in [2.75, 3.05) is 5.32 Å². The van der Waals surface area contributed by atoms with E-state index in [9.17, 15) is 19.3 Å². The van der Waals surface area contributed by atoms with E-state index in [1.165, 1.54) is 18.2 Å². The number of carbonyl (C=O) groups is 1. The van der Waals surface area contributed by atoms with Gasteiger partial charge in [-0.15, -0.1) is 0 Å². The van der Waals surface area contributed by atoms with Crippen LogP contribution in [0.15, 0.2) is 42.5 Å². The Morgan fingerprint density at radius 3 is 2.68 bits per heavy atom. The van der Waals surface area contributed by atoms with Gasteiger partial charge in [0.05, 0.1) is 4.92 Å². The van der Waals surface area contributed by atoms with Crippen LogP contribution in [0.4, 0.5) is 20.6 Å². The fourth-order valence-corrected chi connectivity index (χ4v) is 1.91. The second kappa shape index (κ2) is 6.86. The summed E-state index contributed by atoms with van der Waals surface area (Å²) in [4.78, 5) is 21.8. The molecular weight excluding hydrogens is 313 g/mol. The lowest BCUT2D eigenvalue weighted by atomic mass is 10.2. The van der Waals surface area contributed by atoms with Crippen molar-refractivity contribution in [2.24, 2.45) is 0 Å². The van der Waals surface area contributed by atoms with Crippen molar-refractivity contribution < 1.29 is 14.1 Å². The van der Waals surface area contributed by atoms with Gasteiger partial charge in [-0.25, -0.2) is 9.18 Å². The number of halogens is 2. The molecule has 22 heavy (non-hydrogen) atoms. The normalized spacial score (nSPS) is 10.1. The summed E-state index contributed by atoms with van der Waals surface area (Å²) in [5.41, 5.74) is 0.232. The number of amides is 2. The van der Waals surface area contributed by atoms with E-state index in [0.717, 1.165) is 6.07 Å². The molecule has 0 aromatic heterocycles. The number of carbonyl (C=O) groups excluding carboxylic acids is 1. The second-order valence-electron chi connectivity index (χ2n) is 4.32. The maximum absolute atomic E-state index is 13.4. The summed E-state index contributed by atoms with van der Waals surface area (Å²) in [6.07, 6.45) is 0. The maximum atomic E-state index is 13.4. The Labute approximate surface area is 130 Å². The topological polar surface area (TPSA) is 84.3 Å². The summed E-state index contributed by atoms with van der Waals surface area (Å²) in [6.45, 7) is -0.00576. The Morgan fingerprint density at radius 2 is 2.00 bits per heavy atom. The molecule has 0 heterocycles. The molecule has 0 spiro atoms. The molecule has 114 valence electrons. The third kappa shape index (κ3) is 3.92. The number of nitro benzene ring substituents is 1. The number of hydrogen-bond acceptors (Lipinski definition) is 3. The molecule has 0 aliphatic heterocycles. The van der Waals surface area contributed by atoms with Crippen molar-refractivity contribution in [2.45, 2.75) is 6.54 Å². The zero-order chi connectivity index (χ0) is 16.1. The Kier molecular flexibility index (Phi) is 4.90. The van der Waals surface area contributed by atoms with E-state index in [1.54, 1.807) is 18.2 Å². The number of nitrogens with zero attached hydrogens (tertiary/aromatic N) is 1. The van der Waals surface area contributed by atoms with Crippen molar-refractivity contribution in [3.8, 4) is 0 Å². The molecular formula is C14H11ClFN3O3. The van der Waals surface area contributed by atoms with E-state index in [4.69, 9.17) is 11.6 Å². The lowest BCUT2D eigenvalue weighted by Gasteiger charge is -2.08. The Hall–Kier alpha value is -2.67. The summed E-state index contributed by atoms with van der Waals surface area (Å²) >= 11 is 5.67. The number of nitro groups is 1. The van der Waals surface area contributed by atoms with Crippen molar-refractivity contribution in [1.82, 2.24) is 5.32 Å². The molecule has 0 radical (unpaired) electrons. The van der Waals surface area contributed by atoms with Crippen LogP contribution in [0.3, 0.4) is 0 Å². The van der Waals surface area contributed by atoms with Crippen LogP contribution in [0, 0.1) is 15.9 Å². The molecule has 2 N–H and O–H groups in total. The Balaban J connectivity index is 1.99. The monoisotopic (exact) mass is 323 g/mol. The average Bonchev–Trinajstić information content (AvgIpc) is 2.48. The van der Waals surface area contributed by atoms with Gasteiger partial charge in [-0.05, 0) is 18.2 Å². The number of hydrogen-bond donors (Lipinski definition) is 2. The molecule has 2 aromatic rings. The third-order valence-electron chi connectivity index (χ3n) is 2.80. The van der Waals surface area contributed by atoms with Gasteiger partial charge in [-0.3, -0.25) is 10.1 Å². The molecule has 6 nitrogen and oxygen atoms in total. The van der Waals surface area contributed by atoms with Gasteiger partial charge < -0.3 is 10.6 Å². The molecule has 0 saturated carbocycles. The molecule has 0 fully saturated rings. The second-order valence-corrected chi connectivity index (χ2v) is 4.73. The zero-order valence-electron chi connectivity index (χ0n) is 11.2. The predicted molar refractivity (Wildman–Crippen MR) is 80.4 cm³/mol. The average molecular weight is 324 g/mol. The standard InChI is InChI=1S/C14H11ClFN3O3/c15-11-6-5-10(7-13(11)19(21)22)18-14(20)17-8-9-3-1-2-4-12(9)16/h1-7H,8H2,(H2,17,18,20). The van der Waals surface area contributed by atoms with Gasteiger partial charge in [0.15, 0.2) is 0 Å². The van der Waals surface area contributed by atoms with E-state index >= 15 is 0 Å². The molecule has 0 aliphatic carbocycles. The van der Waals surface area contributed by atoms with Crippen LogP contribution in [-0.2, 0) is 6.54 Å². The van der Waals surface area contributed by atoms with E-state index < -0.39 is 16.8 Å². The highest BCUT2D eigenvalue weighted by Crippen LogP contribution is 2.27. The summed E-state index contributed by atoms with van der Waals surface area (Å²) in [5, 5.41) is 15.6. The molecule has 2 amide bonds. The summed E-state index contributed by atoms with van der Waals surface area (Å²) in [7, 11) is 0. The van der Waals surface area contributed by atoms with Gasteiger partial charge in [0.1, 0.15) is 10.8 Å². The predicted octanol–water partition coefficient (Wildman–Crippen LogP) is 3.71. The van der Waals surface area contributed by atoms with Crippen LogP contribution in [0.5, 0.6) is 0 Å². The van der Waals surface area contributed by atoms with Gasteiger partial charge >= 0.3 is 6.03 Å². The van der Waals surface area contributed by atoms with Crippen molar-refractivity contribution in [1.29, 1.82) is 0 Å². The lowest BCUT2D eigenvalue weighted by Crippen LogP contribution is -2.28. The van der Waals surface area contributed by atoms with Crippen molar-refractivity contribution >= 4 is 29.0 Å². The van der Waals surface area contributed by atoms with Gasteiger partial charge in [-0.2, -0.15) is 0 Å². The highest BCUT2D eigenvalue weighted by Gasteiger charge is 2.14. The number of nitrogens with one attached hydrogen (secondary N) is 2. The molecule has 0 bridgehead atoms. The van der Waals surface area contributed by atoms with Crippen LogP contribution in [0.1, 0.15) is 5.56 Å². The smallest absolute Gasteiger partial charge is 0.319 e. The molecule has 0 unspecified atom stereocenters. The Bertz CT molecular complexity index is 724. The van der Waals surface area contributed by atoms with Crippen molar-refractivity contribution in [3.63, 3.8) is 0 Å². The molecule has 2 rings (SSSR count). The molecule has 8 heteroatoms. The first-order valence-electron chi connectivity index (χ1n) is 6.19.